The van der Waals surface area contributed by atoms with Crippen molar-refractivity contribution in [1.29, 1.82) is 0 Å². The minimum absolute atomic E-state index is 0.142. The van der Waals surface area contributed by atoms with Crippen LogP contribution in [0.2, 0.25) is 0 Å². The number of oxazole rings is 1. The summed E-state index contributed by atoms with van der Waals surface area (Å²) >= 11 is 1.66. The lowest BCUT2D eigenvalue weighted by Crippen LogP contribution is -1.97. The van der Waals surface area contributed by atoms with Crippen LogP contribution < -0.4 is 0 Å². The average Bonchev–Trinajstić information content (AvgIpc) is 2.98. The van der Waals surface area contributed by atoms with Crippen LogP contribution in [0.3, 0.4) is 0 Å². The van der Waals surface area contributed by atoms with Gasteiger partial charge < -0.3 is 9.52 Å². The maximum Gasteiger partial charge on any atom is 0.308 e. The van der Waals surface area contributed by atoms with E-state index in [4.69, 9.17) is 9.52 Å². The standard InChI is InChI=1S/C18H15NO3S/c1-23-14-8-6-12(7-9-14)10-13(11-17(20)21)18-19-15-4-2-3-5-16(15)22-18/h2-10H,11H2,1H3,(H,20,21)/b13-10+. The number of carboxylic acids is 1. The van der Waals surface area contributed by atoms with Crippen LogP contribution in [0.1, 0.15) is 17.9 Å². The van der Waals surface area contributed by atoms with Gasteiger partial charge in [-0.05, 0) is 42.2 Å². The summed E-state index contributed by atoms with van der Waals surface area (Å²) < 4.78 is 5.70. The molecule has 3 aromatic rings. The van der Waals surface area contributed by atoms with Gasteiger partial charge in [0.25, 0.3) is 0 Å². The number of thioether (sulfide) groups is 1. The highest BCUT2D eigenvalue weighted by Crippen LogP contribution is 2.26. The number of rotatable bonds is 5. The molecule has 0 aliphatic carbocycles. The van der Waals surface area contributed by atoms with Gasteiger partial charge in [-0.15, -0.1) is 11.8 Å². The summed E-state index contributed by atoms with van der Waals surface area (Å²) in [5.41, 5.74) is 2.83. The highest BCUT2D eigenvalue weighted by atomic mass is 32.2. The third kappa shape index (κ3) is 3.63. The quantitative estimate of drug-likeness (QED) is 0.696. The number of carbonyl (C=O) groups is 1. The summed E-state index contributed by atoms with van der Waals surface area (Å²) in [5, 5.41) is 9.17. The molecule has 116 valence electrons. The molecule has 0 aliphatic rings. The first-order valence-corrected chi connectivity index (χ1v) is 8.30. The summed E-state index contributed by atoms with van der Waals surface area (Å²) in [7, 11) is 0. The third-order valence-electron chi connectivity index (χ3n) is 3.37. The smallest absolute Gasteiger partial charge is 0.308 e. The Morgan fingerprint density at radius 2 is 1.96 bits per heavy atom. The number of hydrogen-bond donors (Lipinski definition) is 1. The topological polar surface area (TPSA) is 63.3 Å². The Balaban J connectivity index is 2.01. The fourth-order valence-corrected chi connectivity index (χ4v) is 2.67. The molecule has 1 N–H and O–H groups in total. The molecule has 4 nitrogen and oxygen atoms in total. The molecule has 1 heterocycles. The van der Waals surface area contributed by atoms with Gasteiger partial charge in [0.05, 0.1) is 6.42 Å². The first-order chi connectivity index (χ1) is 11.2. The summed E-state index contributed by atoms with van der Waals surface area (Å²) in [5.74, 6) is -0.568. The Bertz CT molecular complexity index is 832. The molecule has 23 heavy (non-hydrogen) atoms. The van der Waals surface area contributed by atoms with Crippen molar-refractivity contribution >= 4 is 40.5 Å². The van der Waals surface area contributed by atoms with Crippen LogP contribution in [0.4, 0.5) is 0 Å². The van der Waals surface area contributed by atoms with Crippen molar-refractivity contribution in [2.24, 2.45) is 0 Å². The van der Waals surface area contributed by atoms with E-state index in [1.807, 2.05) is 60.9 Å². The van der Waals surface area contributed by atoms with Crippen molar-refractivity contribution in [3.8, 4) is 0 Å². The van der Waals surface area contributed by atoms with Crippen LogP contribution in [-0.4, -0.2) is 22.3 Å². The van der Waals surface area contributed by atoms with Crippen molar-refractivity contribution in [3.63, 3.8) is 0 Å². The second kappa shape index (κ2) is 6.71. The van der Waals surface area contributed by atoms with Gasteiger partial charge in [-0.1, -0.05) is 24.3 Å². The first kappa shape index (κ1) is 15.4. The number of nitrogens with zero attached hydrogens (tertiary/aromatic N) is 1. The van der Waals surface area contributed by atoms with Gasteiger partial charge >= 0.3 is 5.97 Å². The van der Waals surface area contributed by atoms with Gasteiger partial charge in [0.1, 0.15) is 5.52 Å². The Labute approximate surface area is 137 Å². The van der Waals surface area contributed by atoms with Gasteiger partial charge in [0.15, 0.2) is 5.58 Å². The van der Waals surface area contributed by atoms with Gasteiger partial charge in [-0.3, -0.25) is 4.79 Å². The lowest BCUT2D eigenvalue weighted by atomic mass is 10.1. The Hall–Kier alpha value is -2.53. The zero-order valence-electron chi connectivity index (χ0n) is 12.5. The highest BCUT2D eigenvalue weighted by molar-refractivity contribution is 7.98. The highest BCUT2D eigenvalue weighted by Gasteiger charge is 2.14. The predicted octanol–water partition coefficient (Wildman–Crippen LogP) is 4.57. The second-order valence-corrected chi connectivity index (χ2v) is 5.88. The van der Waals surface area contributed by atoms with Crippen LogP contribution in [-0.2, 0) is 4.79 Å². The van der Waals surface area contributed by atoms with Crippen LogP contribution in [0.15, 0.2) is 57.8 Å². The lowest BCUT2D eigenvalue weighted by Gasteiger charge is -2.02. The van der Waals surface area contributed by atoms with Crippen molar-refractivity contribution in [2.45, 2.75) is 11.3 Å². The van der Waals surface area contributed by atoms with Crippen LogP contribution >= 0.6 is 11.8 Å². The normalized spacial score (nSPS) is 11.8. The Morgan fingerprint density at radius 3 is 2.61 bits per heavy atom. The zero-order chi connectivity index (χ0) is 16.2. The second-order valence-electron chi connectivity index (χ2n) is 5.00. The Kier molecular flexibility index (Phi) is 4.48. The molecule has 0 unspecified atom stereocenters. The van der Waals surface area contributed by atoms with Crippen LogP contribution in [0.5, 0.6) is 0 Å². The predicted molar refractivity (Wildman–Crippen MR) is 92.4 cm³/mol. The van der Waals surface area contributed by atoms with E-state index < -0.39 is 5.97 Å². The van der Waals surface area contributed by atoms with E-state index in [-0.39, 0.29) is 6.42 Å². The van der Waals surface area contributed by atoms with Gasteiger partial charge in [0, 0.05) is 10.5 Å². The number of hydrogen-bond acceptors (Lipinski definition) is 4. The van der Waals surface area contributed by atoms with E-state index >= 15 is 0 Å². The fraction of sp³-hybridized carbons (Fsp3) is 0.111. The number of benzene rings is 2. The van der Waals surface area contributed by atoms with Gasteiger partial charge in [0.2, 0.25) is 5.89 Å². The monoisotopic (exact) mass is 325 g/mol. The van der Waals surface area contributed by atoms with Crippen molar-refractivity contribution < 1.29 is 14.3 Å². The summed E-state index contributed by atoms with van der Waals surface area (Å²) in [6, 6.07) is 15.3. The summed E-state index contributed by atoms with van der Waals surface area (Å²) in [6.07, 6.45) is 3.68. The van der Waals surface area contributed by atoms with E-state index in [9.17, 15) is 4.79 Å². The molecule has 0 bridgehead atoms. The zero-order valence-corrected chi connectivity index (χ0v) is 13.3. The molecular weight excluding hydrogens is 310 g/mol. The minimum Gasteiger partial charge on any atom is -0.481 e. The molecule has 0 fully saturated rings. The van der Waals surface area contributed by atoms with E-state index in [0.29, 0.717) is 17.0 Å². The maximum atomic E-state index is 11.2. The molecular formula is C18H15NO3S. The molecule has 0 radical (unpaired) electrons. The molecule has 0 aliphatic heterocycles. The minimum atomic E-state index is -0.917. The molecule has 0 saturated carbocycles. The summed E-state index contributed by atoms with van der Waals surface area (Å²) in [4.78, 5) is 16.7. The largest absolute Gasteiger partial charge is 0.481 e. The van der Waals surface area contributed by atoms with Crippen molar-refractivity contribution in [1.82, 2.24) is 4.98 Å². The van der Waals surface area contributed by atoms with Gasteiger partial charge in [-0.25, -0.2) is 4.98 Å². The Morgan fingerprint density at radius 1 is 1.22 bits per heavy atom. The number of aromatic nitrogens is 1. The maximum absolute atomic E-state index is 11.2. The van der Waals surface area contributed by atoms with E-state index in [1.54, 1.807) is 11.8 Å². The first-order valence-electron chi connectivity index (χ1n) is 7.08. The fourth-order valence-electron chi connectivity index (χ4n) is 2.26. The average molecular weight is 325 g/mol. The SMILES string of the molecule is CSc1ccc(/C=C(\CC(=O)O)c2nc3ccccc3o2)cc1. The van der Waals surface area contributed by atoms with Crippen LogP contribution in [0, 0.1) is 0 Å². The molecule has 3 rings (SSSR count). The third-order valence-corrected chi connectivity index (χ3v) is 4.11. The summed E-state index contributed by atoms with van der Waals surface area (Å²) in [6.45, 7) is 0. The molecule has 5 heteroatoms. The molecule has 0 spiro atoms. The van der Waals surface area contributed by atoms with E-state index in [1.165, 1.54) is 0 Å². The molecule has 1 aromatic heterocycles. The number of aliphatic carboxylic acids is 1. The number of fused-ring (bicyclic) bond motifs is 1. The van der Waals surface area contributed by atoms with Crippen LogP contribution in [0.25, 0.3) is 22.7 Å². The van der Waals surface area contributed by atoms with Crippen molar-refractivity contribution in [2.75, 3.05) is 6.26 Å². The number of para-hydroxylation sites is 2. The van der Waals surface area contributed by atoms with E-state index in [2.05, 4.69) is 4.98 Å². The molecule has 0 amide bonds. The molecule has 0 atom stereocenters. The van der Waals surface area contributed by atoms with Crippen molar-refractivity contribution in [3.05, 3.63) is 60.0 Å². The van der Waals surface area contributed by atoms with Gasteiger partial charge in [-0.2, -0.15) is 0 Å². The molecule has 0 saturated heterocycles. The lowest BCUT2D eigenvalue weighted by molar-refractivity contribution is -0.135. The molecule has 2 aromatic carbocycles. The number of carboxylic acid groups (broad SMARTS) is 1. The van der Waals surface area contributed by atoms with E-state index in [0.717, 1.165) is 16.0 Å².